The monoisotopic (exact) mass is 188 g/mol. The first-order chi connectivity index (χ1) is 6.20. The molecule has 0 amide bonds. The molecule has 0 aromatic carbocycles. The van der Waals surface area contributed by atoms with Gasteiger partial charge in [-0.1, -0.05) is 13.0 Å². The normalized spacial score (nSPS) is 12.2. The van der Waals surface area contributed by atoms with Crippen molar-refractivity contribution in [1.29, 1.82) is 0 Å². The summed E-state index contributed by atoms with van der Waals surface area (Å²) in [5, 5.41) is 17.6. The van der Waals surface area contributed by atoms with Crippen molar-refractivity contribution in [2.24, 2.45) is 0 Å². The fourth-order valence-electron chi connectivity index (χ4n) is 0.849. The Bertz CT molecular complexity index is 156. The highest BCUT2D eigenvalue weighted by atomic mass is 16.6. The fraction of sp³-hybridized carbons (Fsp3) is 0.667. The third-order valence-corrected chi connectivity index (χ3v) is 1.53. The van der Waals surface area contributed by atoms with E-state index in [0.717, 1.165) is 18.9 Å². The summed E-state index contributed by atoms with van der Waals surface area (Å²) in [5.41, 5.74) is 0. The van der Waals surface area contributed by atoms with Crippen molar-refractivity contribution in [3.63, 3.8) is 0 Å². The van der Waals surface area contributed by atoms with E-state index in [0.29, 0.717) is 12.8 Å². The van der Waals surface area contributed by atoms with Crippen LogP contribution in [-0.2, 0) is 9.53 Å². The maximum Gasteiger partial charge on any atom is 0.332 e. The molecule has 0 aliphatic carbocycles. The second kappa shape index (κ2) is 7.76. The lowest BCUT2D eigenvalue weighted by atomic mass is 10.2. The number of unbranched alkanes of at least 4 members (excludes halogenated alkanes) is 2. The molecule has 0 spiro atoms. The zero-order valence-corrected chi connectivity index (χ0v) is 7.61. The molecule has 0 aromatic heterocycles. The number of ether oxygens (including phenoxy) is 1. The first kappa shape index (κ1) is 12.1. The standard InChI is InChI=1S/C9H16O4/c1-2-8(11)13-9(12)6-4-3-5-7-10/h2,9-10,12H,1,3-7H2. The van der Waals surface area contributed by atoms with E-state index in [1.165, 1.54) is 0 Å². The molecule has 0 bridgehead atoms. The second-order valence-electron chi connectivity index (χ2n) is 2.67. The van der Waals surface area contributed by atoms with Gasteiger partial charge in [-0.05, 0) is 12.8 Å². The summed E-state index contributed by atoms with van der Waals surface area (Å²) in [6.45, 7) is 3.36. The van der Waals surface area contributed by atoms with E-state index in [1.54, 1.807) is 0 Å². The van der Waals surface area contributed by atoms with Crippen molar-refractivity contribution in [3.05, 3.63) is 12.7 Å². The maximum atomic E-state index is 10.6. The summed E-state index contributed by atoms with van der Waals surface area (Å²) in [4.78, 5) is 10.6. The molecule has 1 unspecified atom stereocenters. The largest absolute Gasteiger partial charge is 0.433 e. The van der Waals surface area contributed by atoms with Gasteiger partial charge in [0.1, 0.15) is 0 Å². The lowest BCUT2D eigenvalue weighted by molar-refractivity contribution is -0.162. The van der Waals surface area contributed by atoms with E-state index in [4.69, 9.17) is 10.2 Å². The van der Waals surface area contributed by atoms with Gasteiger partial charge in [0.25, 0.3) is 0 Å². The SMILES string of the molecule is C=CC(=O)OC(O)CCCCCO. The molecule has 0 saturated heterocycles. The van der Waals surface area contributed by atoms with Gasteiger partial charge >= 0.3 is 5.97 Å². The van der Waals surface area contributed by atoms with Gasteiger partial charge in [0, 0.05) is 19.1 Å². The van der Waals surface area contributed by atoms with Crippen molar-refractivity contribution in [2.75, 3.05) is 6.61 Å². The fourth-order valence-corrected chi connectivity index (χ4v) is 0.849. The third-order valence-electron chi connectivity index (χ3n) is 1.53. The Morgan fingerprint density at radius 1 is 1.46 bits per heavy atom. The Hall–Kier alpha value is -0.870. The molecule has 2 N–H and O–H groups in total. The lowest BCUT2D eigenvalue weighted by Crippen LogP contribution is -2.15. The van der Waals surface area contributed by atoms with E-state index >= 15 is 0 Å². The molecule has 0 fully saturated rings. The van der Waals surface area contributed by atoms with Crippen LogP contribution in [0.3, 0.4) is 0 Å². The van der Waals surface area contributed by atoms with Gasteiger partial charge in [0.15, 0.2) is 0 Å². The Labute approximate surface area is 77.8 Å². The van der Waals surface area contributed by atoms with E-state index in [-0.39, 0.29) is 6.61 Å². The third kappa shape index (κ3) is 7.49. The van der Waals surface area contributed by atoms with Gasteiger partial charge in [-0.15, -0.1) is 0 Å². The summed E-state index contributed by atoms with van der Waals surface area (Å²) >= 11 is 0. The number of hydrogen-bond donors (Lipinski definition) is 2. The average Bonchev–Trinajstić information content (AvgIpc) is 2.12. The molecule has 4 nitrogen and oxygen atoms in total. The average molecular weight is 188 g/mol. The van der Waals surface area contributed by atoms with Crippen LogP contribution in [0.2, 0.25) is 0 Å². The molecule has 4 heteroatoms. The highest BCUT2D eigenvalue weighted by molar-refractivity contribution is 5.81. The molecule has 0 radical (unpaired) electrons. The van der Waals surface area contributed by atoms with Crippen LogP contribution in [0.25, 0.3) is 0 Å². The van der Waals surface area contributed by atoms with Crippen molar-refractivity contribution in [2.45, 2.75) is 32.0 Å². The van der Waals surface area contributed by atoms with Crippen LogP contribution in [0.5, 0.6) is 0 Å². The highest BCUT2D eigenvalue weighted by Gasteiger charge is 2.06. The van der Waals surface area contributed by atoms with Crippen LogP contribution in [0.1, 0.15) is 25.7 Å². The smallest absolute Gasteiger partial charge is 0.332 e. The minimum atomic E-state index is -1.05. The van der Waals surface area contributed by atoms with Crippen molar-refractivity contribution in [3.8, 4) is 0 Å². The van der Waals surface area contributed by atoms with Crippen molar-refractivity contribution in [1.82, 2.24) is 0 Å². The van der Waals surface area contributed by atoms with E-state index in [1.807, 2.05) is 0 Å². The number of esters is 1. The van der Waals surface area contributed by atoms with Crippen LogP contribution in [0.15, 0.2) is 12.7 Å². The van der Waals surface area contributed by atoms with Gasteiger partial charge in [0.05, 0.1) is 0 Å². The number of carbonyl (C=O) groups excluding carboxylic acids is 1. The molecule has 0 aliphatic rings. The summed E-state index contributed by atoms with van der Waals surface area (Å²) in [7, 11) is 0. The lowest BCUT2D eigenvalue weighted by Gasteiger charge is -2.09. The molecule has 1 atom stereocenters. The molecule has 0 saturated carbocycles. The number of rotatable bonds is 7. The number of hydrogen-bond acceptors (Lipinski definition) is 4. The Balaban J connectivity index is 3.34. The maximum absolute atomic E-state index is 10.6. The van der Waals surface area contributed by atoms with Gasteiger partial charge in [-0.3, -0.25) is 0 Å². The van der Waals surface area contributed by atoms with Crippen LogP contribution in [-0.4, -0.2) is 29.1 Å². The van der Waals surface area contributed by atoms with Crippen LogP contribution in [0.4, 0.5) is 0 Å². The summed E-state index contributed by atoms with van der Waals surface area (Å²) in [6, 6.07) is 0. The summed E-state index contributed by atoms with van der Waals surface area (Å²) < 4.78 is 4.52. The molecule has 76 valence electrons. The minimum Gasteiger partial charge on any atom is -0.433 e. The zero-order chi connectivity index (χ0) is 10.1. The number of aliphatic hydroxyl groups is 2. The summed E-state index contributed by atoms with van der Waals surface area (Å²) in [6.07, 6.45) is 2.62. The van der Waals surface area contributed by atoms with Crippen LogP contribution in [0, 0.1) is 0 Å². The molecule has 0 aliphatic heterocycles. The van der Waals surface area contributed by atoms with E-state index in [2.05, 4.69) is 11.3 Å². The first-order valence-corrected chi connectivity index (χ1v) is 4.32. The predicted molar refractivity (Wildman–Crippen MR) is 47.8 cm³/mol. The molecular weight excluding hydrogens is 172 g/mol. The van der Waals surface area contributed by atoms with Gasteiger partial charge < -0.3 is 14.9 Å². The molecule has 0 aromatic rings. The number of aliphatic hydroxyl groups excluding tert-OH is 2. The number of carbonyl (C=O) groups is 1. The molecule has 0 rings (SSSR count). The van der Waals surface area contributed by atoms with E-state index < -0.39 is 12.3 Å². The van der Waals surface area contributed by atoms with Gasteiger partial charge in [0.2, 0.25) is 6.29 Å². The Morgan fingerprint density at radius 2 is 2.15 bits per heavy atom. The second-order valence-corrected chi connectivity index (χ2v) is 2.67. The molecule has 0 heterocycles. The Morgan fingerprint density at radius 3 is 2.69 bits per heavy atom. The molecular formula is C9H16O4. The van der Waals surface area contributed by atoms with E-state index in [9.17, 15) is 4.79 Å². The van der Waals surface area contributed by atoms with Crippen LogP contribution < -0.4 is 0 Å². The van der Waals surface area contributed by atoms with Gasteiger partial charge in [-0.25, -0.2) is 4.79 Å². The Kier molecular flexibility index (Phi) is 7.24. The quantitative estimate of drug-likeness (QED) is 0.265. The van der Waals surface area contributed by atoms with Gasteiger partial charge in [-0.2, -0.15) is 0 Å². The zero-order valence-electron chi connectivity index (χ0n) is 7.61. The van der Waals surface area contributed by atoms with Crippen molar-refractivity contribution < 1.29 is 19.7 Å². The van der Waals surface area contributed by atoms with Crippen LogP contribution >= 0.6 is 0 Å². The van der Waals surface area contributed by atoms with Crippen molar-refractivity contribution >= 4 is 5.97 Å². The predicted octanol–water partition coefficient (Wildman–Crippen LogP) is 0.587. The topological polar surface area (TPSA) is 66.8 Å². The molecule has 13 heavy (non-hydrogen) atoms. The minimum absolute atomic E-state index is 0.155. The first-order valence-electron chi connectivity index (χ1n) is 4.32. The highest BCUT2D eigenvalue weighted by Crippen LogP contribution is 2.04. The summed E-state index contributed by atoms with van der Waals surface area (Å²) in [5.74, 6) is -0.616.